The Morgan fingerprint density at radius 1 is 1.47 bits per heavy atom. The second kappa shape index (κ2) is 3.52. The number of carbonyl (C=O) groups excluding carboxylic acids is 1. The smallest absolute Gasteiger partial charge is 0.377 e. The van der Waals surface area contributed by atoms with Crippen LogP contribution in [0.3, 0.4) is 0 Å². The topological polar surface area (TPSA) is 74.8 Å². The van der Waals surface area contributed by atoms with Gasteiger partial charge >= 0.3 is 5.97 Å². The predicted molar refractivity (Wildman–Crippen MR) is 49.5 cm³/mol. The van der Waals surface area contributed by atoms with E-state index >= 15 is 0 Å². The van der Waals surface area contributed by atoms with Crippen molar-refractivity contribution in [1.82, 2.24) is 24.3 Å². The SMILES string of the molecule is COC(=O)c1ncn(-c2nccn2C)n1. The number of aryl methyl sites for hydroxylation is 1. The van der Waals surface area contributed by atoms with Crippen LogP contribution in [0.15, 0.2) is 18.7 Å². The summed E-state index contributed by atoms with van der Waals surface area (Å²) in [4.78, 5) is 19.0. The first kappa shape index (κ1) is 9.38. The molecule has 0 bridgehead atoms. The molecule has 0 spiro atoms. The van der Waals surface area contributed by atoms with Gasteiger partial charge in [0.25, 0.3) is 5.82 Å². The first-order valence-corrected chi connectivity index (χ1v) is 4.20. The van der Waals surface area contributed by atoms with Crippen LogP contribution in [0.5, 0.6) is 0 Å². The van der Waals surface area contributed by atoms with Crippen molar-refractivity contribution in [1.29, 1.82) is 0 Å². The van der Waals surface area contributed by atoms with Gasteiger partial charge in [-0.2, -0.15) is 4.68 Å². The van der Waals surface area contributed by atoms with Crippen LogP contribution in [0.2, 0.25) is 0 Å². The second-order valence-corrected chi connectivity index (χ2v) is 2.84. The third kappa shape index (κ3) is 1.58. The van der Waals surface area contributed by atoms with Crippen LogP contribution in [0.25, 0.3) is 5.95 Å². The number of hydrogen-bond acceptors (Lipinski definition) is 5. The number of imidazole rings is 1. The molecule has 0 amide bonds. The summed E-state index contributed by atoms with van der Waals surface area (Å²) in [5, 5.41) is 3.93. The van der Waals surface area contributed by atoms with Crippen molar-refractivity contribution in [3.63, 3.8) is 0 Å². The minimum Gasteiger partial charge on any atom is -0.463 e. The zero-order chi connectivity index (χ0) is 10.8. The van der Waals surface area contributed by atoms with Gasteiger partial charge in [0.1, 0.15) is 6.33 Å². The molecular weight excluding hydrogens is 198 g/mol. The number of hydrogen-bond donors (Lipinski definition) is 0. The van der Waals surface area contributed by atoms with Crippen molar-refractivity contribution >= 4 is 5.97 Å². The lowest BCUT2D eigenvalue weighted by molar-refractivity contribution is 0.0587. The van der Waals surface area contributed by atoms with Crippen LogP contribution in [-0.2, 0) is 11.8 Å². The minimum absolute atomic E-state index is 0.0144. The van der Waals surface area contributed by atoms with Crippen molar-refractivity contribution < 1.29 is 9.53 Å². The predicted octanol–water partition coefficient (Wildman–Crippen LogP) is -0.213. The van der Waals surface area contributed by atoms with Crippen LogP contribution in [0, 0.1) is 0 Å². The van der Waals surface area contributed by atoms with Crippen LogP contribution < -0.4 is 0 Å². The van der Waals surface area contributed by atoms with Crippen LogP contribution >= 0.6 is 0 Å². The highest BCUT2D eigenvalue weighted by Crippen LogP contribution is 2.01. The molecule has 7 nitrogen and oxygen atoms in total. The molecule has 15 heavy (non-hydrogen) atoms. The highest BCUT2D eigenvalue weighted by molar-refractivity contribution is 5.84. The Morgan fingerprint density at radius 2 is 2.27 bits per heavy atom. The summed E-state index contributed by atoms with van der Waals surface area (Å²) in [7, 11) is 3.10. The number of rotatable bonds is 2. The highest BCUT2D eigenvalue weighted by atomic mass is 16.5. The van der Waals surface area contributed by atoms with E-state index in [0.717, 1.165) is 0 Å². The largest absolute Gasteiger partial charge is 0.463 e. The molecule has 0 saturated carbocycles. The molecule has 0 N–H and O–H groups in total. The zero-order valence-corrected chi connectivity index (χ0v) is 8.28. The lowest BCUT2D eigenvalue weighted by Gasteiger charge is -1.98. The lowest BCUT2D eigenvalue weighted by atomic mass is 10.6. The Balaban J connectivity index is 2.36. The Morgan fingerprint density at radius 3 is 2.87 bits per heavy atom. The molecule has 2 heterocycles. The number of esters is 1. The highest BCUT2D eigenvalue weighted by Gasteiger charge is 2.13. The van der Waals surface area contributed by atoms with Crippen molar-refractivity contribution in [2.24, 2.45) is 7.05 Å². The summed E-state index contributed by atoms with van der Waals surface area (Å²) in [5.41, 5.74) is 0. The third-order valence-electron chi connectivity index (χ3n) is 1.86. The number of ether oxygens (including phenoxy) is 1. The number of nitrogens with zero attached hydrogens (tertiary/aromatic N) is 5. The van der Waals surface area contributed by atoms with E-state index in [0.29, 0.717) is 5.95 Å². The van der Waals surface area contributed by atoms with Gasteiger partial charge in [-0.05, 0) is 0 Å². The Hall–Kier alpha value is -2.18. The van der Waals surface area contributed by atoms with E-state index in [-0.39, 0.29) is 5.82 Å². The average Bonchev–Trinajstić information content (AvgIpc) is 2.84. The van der Waals surface area contributed by atoms with E-state index in [1.807, 2.05) is 7.05 Å². The van der Waals surface area contributed by atoms with E-state index < -0.39 is 5.97 Å². The molecule has 2 rings (SSSR count). The molecule has 0 unspecified atom stereocenters. The number of aromatic nitrogens is 5. The van der Waals surface area contributed by atoms with Gasteiger partial charge in [-0.15, -0.1) is 5.10 Å². The third-order valence-corrected chi connectivity index (χ3v) is 1.86. The fourth-order valence-electron chi connectivity index (χ4n) is 1.12. The monoisotopic (exact) mass is 207 g/mol. The van der Waals surface area contributed by atoms with Crippen molar-refractivity contribution in [3.8, 4) is 5.95 Å². The van der Waals surface area contributed by atoms with Gasteiger partial charge in [0, 0.05) is 19.4 Å². The van der Waals surface area contributed by atoms with E-state index in [4.69, 9.17) is 0 Å². The van der Waals surface area contributed by atoms with Gasteiger partial charge in [0.15, 0.2) is 0 Å². The number of carbonyl (C=O) groups is 1. The van der Waals surface area contributed by atoms with Crippen molar-refractivity contribution in [2.75, 3.05) is 7.11 Å². The van der Waals surface area contributed by atoms with Gasteiger partial charge in [0.05, 0.1) is 7.11 Å². The molecule has 0 atom stereocenters. The van der Waals surface area contributed by atoms with Crippen LogP contribution in [0.1, 0.15) is 10.6 Å². The molecule has 0 aliphatic carbocycles. The maximum atomic E-state index is 11.1. The molecular formula is C8H9N5O2. The second-order valence-electron chi connectivity index (χ2n) is 2.84. The summed E-state index contributed by atoms with van der Waals surface area (Å²) in [6, 6.07) is 0. The molecule has 0 radical (unpaired) electrons. The molecule has 0 aliphatic heterocycles. The van der Waals surface area contributed by atoms with E-state index in [1.165, 1.54) is 18.1 Å². The summed E-state index contributed by atoms with van der Waals surface area (Å²) in [6.45, 7) is 0. The average molecular weight is 207 g/mol. The molecule has 0 aliphatic rings. The molecule has 7 heteroatoms. The molecule has 2 aromatic heterocycles. The van der Waals surface area contributed by atoms with Gasteiger partial charge in [-0.3, -0.25) is 0 Å². The van der Waals surface area contributed by atoms with Crippen molar-refractivity contribution in [3.05, 3.63) is 24.5 Å². The summed E-state index contributed by atoms with van der Waals surface area (Å²) < 4.78 is 7.66. The zero-order valence-electron chi connectivity index (χ0n) is 8.28. The summed E-state index contributed by atoms with van der Waals surface area (Å²) in [6.07, 6.45) is 4.82. The lowest BCUT2D eigenvalue weighted by Crippen LogP contribution is -2.07. The summed E-state index contributed by atoms with van der Waals surface area (Å²) in [5.74, 6) is 0.0288. The molecule has 78 valence electrons. The maximum absolute atomic E-state index is 11.1. The van der Waals surface area contributed by atoms with Crippen LogP contribution in [-0.4, -0.2) is 37.4 Å². The van der Waals surface area contributed by atoms with E-state index in [2.05, 4.69) is 19.8 Å². The van der Waals surface area contributed by atoms with Gasteiger partial charge in [0.2, 0.25) is 5.95 Å². The van der Waals surface area contributed by atoms with Gasteiger partial charge in [-0.1, -0.05) is 0 Å². The summed E-state index contributed by atoms with van der Waals surface area (Å²) >= 11 is 0. The van der Waals surface area contributed by atoms with E-state index in [1.54, 1.807) is 17.0 Å². The van der Waals surface area contributed by atoms with Crippen molar-refractivity contribution in [2.45, 2.75) is 0 Å². The fourth-order valence-corrected chi connectivity index (χ4v) is 1.12. The molecule has 2 aromatic rings. The first-order valence-electron chi connectivity index (χ1n) is 4.20. The molecule has 0 fully saturated rings. The Labute approximate surface area is 85.3 Å². The fraction of sp³-hybridized carbons (Fsp3) is 0.250. The Kier molecular flexibility index (Phi) is 2.20. The quantitative estimate of drug-likeness (QED) is 0.637. The molecule has 0 saturated heterocycles. The number of methoxy groups -OCH3 is 1. The van der Waals surface area contributed by atoms with E-state index in [9.17, 15) is 4.79 Å². The van der Waals surface area contributed by atoms with Gasteiger partial charge < -0.3 is 9.30 Å². The van der Waals surface area contributed by atoms with Gasteiger partial charge in [-0.25, -0.2) is 14.8 Å². The maximum Gasteiger partial charge on any atom is 0.377 e. The first-order chi connectivity index (χ1) is 7.22. The van der Waals surface area contributed by atoms with Crippen LogP contribution in [0.4, 0.5) is 0 Å². The normalized spacial score (nSPS) is 10.3. The Bertz CT molecular complexity index is 487. The molecule has 0 aromatic carbocycles. The minimum atomic E-state index is -0.567. The standard InChI is InChI=1S/C8H9N5O2/c1-12-4-3-9-8(12)13-5-10-6(11-13)7(14)15-2/h3-5H,1-2H3.